The van der Waals surface area contributed by atoms with E-state index in [0.717, 1.165) is 5.56 Å². The third-order valence-electron chi connectivity index (χ3n) is 3.37. The van der Waals surface area contributed by atoms with E-state index in [1.165, 1.54) is 6.20 Å². The van der Waals surface area contributed by atoms with Crippen LogP contribution < -0.4 is 10.5 Å². The van der Waals surface area contributed by atoms with Crippen LogP contribution in [0.25, 0.3) is 21.9 Å². The van der Waals surface area contributed by atoms with Crippen molar-refractivity contribution in [3.63, 3.8) is 0 Å². The summed E-state index contributed by atoms with van der Waals surface area (Å²) in [7, 11) is 0. The molecule has 0 fully saturated rings. The number of halogens is 1. The number of nitrogens with zero attached hydrogens (tertiary/aromatic N) is 2. The van der Waals surface area contributed by atoms with E-state index in [1.807, 2.05) is 6.92 Å². The summed E-state index contributed by atoms with van der Waals surface area (Å²) >= 11 is 0. The van der Waals surface area contributed by atoms with E-state index in [9.17, 15) is 9.18 Å². The minimum atomic E-state index is -1.08. The highest BCUT2D eigenvalue weighted by Crippen LogP contribution is 2.37. The van der Waals surface area contributed by atoms with Crippen molar-refractivity contribution in [1.82, 2.24) is 9.97 Å². The summed E-state index contributed by atoms with van der Waals surface area (Å²) < 4.78 is 19.7. The second-order valence-corrected chi connectivity index (χ2v) is 4.78. The van der Waals surface area contributed by atoms with Gasteiger partial charge in [-0.1, -0.05) is 0 Å². The molecule has 0 unspecified atom stereocenters. The molecular weight excluding hydrogens is 285 g/mol. The molecular formula is C16H12FN3O2. The van der Waals surface area contributed by atoms with Gasteiger partial charge in [-0.3, -0.25) is 9.97 Å². The highest BCUT2D eigenvalue weighted by Gasteiger charge is 2.19. The molecule has 0 aliphatic carbocycles. The van der Waals surface area contributed by atoms with Crippen molar-refractivity contribution in [2.24, 2.45) is 5.73 Å². The topological polar surface area (TPSA) is 78.1 Å². The number of aryl methyl sites for hydroxylation is 1. The van der Waals surface area contributed by atoms with Gasteiger partial charge in [-0.05, 0) is 36.1 Å². The molecule has 6 heteroatoms. The second kappa shape index (κ2) is 5.40. The molecule has 3 rings (SSSR count). The van der Waals surface area contributed by atoms with Gasteiger partial charge >= 0.3 is 6.09 Å². The summed E-state index contributed by atoms with van der Waals surface area (Å²) in [5.74, 6) is -0.897. The van der Waals surface area contributed by atoms with Crippen LogP contribution in [0.15, 0.2) is 43.0 Å². The third-order valence-corrected chi connectivity index (χ3v) is 3.37. The lowest BCUT2D eigenvalue weighted by Crippen LogP contribution is -2.17. The van der Waals surface area contributed by atoms with Gasteiger partial charge < -0.3 is 10.5 Å². The molecule has 0 aliphatic rings. The SMILES string of the molecule is Cc1ccncc1-c1cc2ccncc2c(OC(N)=O)c1F. The fourth-order valence-corrected chi connectivity index (χ4v) is 2.32. The second-order valence-electron chi connectivity index (χ2n) is 4.78. The van der Waals surface area contributed by atoms with Crippen molar-refractivity contribution in [2.45, 2.75) is 6.92 Å². The smallest absolute Gasteiger partial charge is 0.407 e. The van der Waals surface area contributed by atoms with Crippen molar-refractivity contribution < 1.29 is 13.9 Å². The number of benzene rings is 1. The number of nitrogens with two attached hydrogens (primary N) is 1. The number of carbonyl (C=O) groups is 1. The Labute approximate surface area is 125 Å². The maximum absolute atomic E-state index is 14.8. The molecule has 2 N–H and O–H groups in total. The summed E-state index contributed by atoms with van der Waals surface area (Å²) in [6, 6.07) is 5.15. The number of fused-ring (bicyclic) bond motifs is 1. The van der Waals surface area contributed by atoms with E-state index >= 15 is 0 Å². The molecule has 0 aliphatic heterocycles. The Kier molecular flexibility index (Phi) is 3.42. The third kappa shape index (κ3) is 2.35. The van der Waals surface area contributed by atoms with Crippen LogP contribution in [0.3, 0.4) is 0 Å². The minimum Gasteiger partial charge on any atom is -0.407 e. The fourth-order valence-electron chi connectivity index (χ4n) is 2.32. The van der Waals surface area contributed by atoms with Gasteiger partial charge in [0, 0.05) is 41.3 Å². The Morgan fingerprint density at radius 3 is 2.64 bits per heavy atom. The first-order valence-electron chi connectivity index (χ1n) is 6.52. The maximum Gasteiger partial charge on any atom is 0.410 e. The van der Waals surface area contributed by atoms with E-state index in [-0.39, 0.29) is 5.75 Å². The number of hydrogen-bond acceptors (Lipinski definition) is 4. The Balaban J connectivity index is 2.35. The number of rotatable bonds is 2. The van der Waals surface area contributed by atoms with Gasteiger partial charge in [-0.2, -0.15) is 0 Å². The molecule has 0 saturated heterocycles. The molecule has 110 valence electrons. The molecule has 0 atom stereocenters. The first kappa shape index (κ1) is 13.9. The van der Waals surface area contributed by atoms with Gasteiger partial charge in [0.15, 0.2) is 11.6 Å². The molecule has 3 aromatic rings. The number of carbonyl (C=O) groups excluding carboxylic acids is 1. The van der Waals surface area contributed by atoms with Crippen molar-refractivity contribution in [2.75, 3.05) is 0 Å². The van der Waals surface area contributed by atoms with Crippen LogP contribution >= 0.6 is 0 Å². The number of aromatic nitrogens is 2. The first-order chi connectivity index (χ1) is 10.6. The summed E-state index contributed by atoms with van der Waals surface area (Å²) in [6.07, 6.45) is 5.12. The predicted octanol–water partition coefficient (Wildman–Crippen LogP) is 3.20. The number of pyridine rings is 2. The van der Waals surface area contributed by atoms with Gasteiger partial charge in [0.05, 0.1) is 0 Å². The molecule has 0 spiro atoms. The van der Waals surface area contributed by atoms with Crippen LogP contribution in [0.4, 0.5) is 9.18 Å². The van der Waals surface area contributed by atoms with Crippen LogP contribution in [0.5, 0.6) is 5.75 Å². The van der Waals surface area contributed by atoms with Gasteiger partial charge in [0.2, 0.25) is 0 Å². The number of hydrogen-bond donors (Lipinski definition) is 1. The summed E-state index contributed by atoms with van der Waals surface area (Å²) in [5, 5.41) is 1.06. The average molecular weight is 297 g/mol. The molecule has 1 amide bonds. The standard InChI is InChI=1S/C16H12FN3O2/c1-9-2-4-19-7-12(9)11-6-10-3-5-20-8-13(10)15(14(11)17)22-16(18)21/h2-8H,1H3,(H2,18,21). The number of amides is 1. The molecule has 5 nitrogen and oxygen atoms in total. The monoisotopic (exact) mass is 297 g/mol. The van der Waals surface area contributed by atoms with E-state index in [2.05, 4.69) is 9.97 Å². The van der Waals surface area contributed by atoms with Crippen molar-refractivity contribution >= 4 is 16.9 Å². The molecule has 2 aromatic heterocycles. The van der Waals surface area contributed by atoms with Crippen LogP contribution in [0.2, 0.25) is 0 Å². The maximum atomic E-state index is 14.8. The highest BCUT2D eigenvalue weighted by molar-refractivity contribution is 5.94. The van der Waals surface area contributed by atoms with Crippen molar-refractivity contribution in [3.05, 3.63) is 54.4 Å². The first-order valence-corrected chi connectivity index (χ1v) is 6.52. The van der Waals surface area contributed by atoms with Crippen LogP contribution in [0.1, 0.15) is 5.56 Å². The normalized spacial score (nSPS) is 10.6. The van der Waals surface area contributed by atoms with Gasteiger partial charge in [-0.15, -0.1) is 0 Å². The van der Waals surface area contributed by atoms with Crippen LogP contribution in [0, 0.1) is 12.7 Å². The van der Waals surface area contributed by atoms with E-state index < -0.39 is 11.9 Å². The average Bonchev–Trinajstić information content (AvgIpc) is 2.50. The van der Waals surface area contributed by atoms with Gasteiger partial charge in [0.25, 0.3) is 0 Å². The molecule has 0 bridgehead atoms. The van der Waals surface area contributed by atoms with E-state index in [4.69, 9.17) is 10.5 Å². The van der Waals surface area contributed by atoms with E-state index in [1.54, 1.807) is 36.8 Å². The molecule has 0 radical (unpaired) electrons. The van der Waals surface area contributed by atoms with Gasteiger partial charge in [0.1, 0.15) is 0 Å². The fraction of sp³-hybridized carbons (Fsp3) is 0.0625. The van der Waals surface area contributed by atoms with Crippen LogP contribution in [-0.4, -0.2) is 16.1 Å². The zero-order chi connectivity index (χ0) is 15.7. The Hall–Kier alpha value is -3.02. The summed E-state index contributed by atoms with van der Waals surface area (Å²) in [6.45, 7) is 1.85. The molecule has 2 heterocycles. The van der Waals surface area contributed by atoms with E-state index in [0.29, 0.717) is 21.9 Å². The lowest BCUT2D eigenvalue weighted by Gasteiger charge is -2.12. The molecule has 0 saturated carbocycles. The van der Waals surface area contributed by atoms with Crippen molar-refractivity contribution in [3.8, 4) is 16.9 Å². The Morgan fingerprint density at radius 2 is 1.91 bits per heavy atom. The quantitative estimate of drug-likeness (QED) is 0.788. The molecule has 22 heavy (non-hydrogen) atoms. The predicted molar refractivity (Wildman–Crippen MR) is 79.9 cm³/mol. The Bertz CT molecular complexity index is 880. The van der Waals surface area contributed by atoms with Crippen molar-refractivity contribution in [1.29, 1.82) is 0 Å². The Morgan fingerprint density at radius 1 is 1.18 bits per heavy atom. The lowest BCUT2D eigenvalue weighted by atomic mass is 9.99. The zero-order valence-electron chi connectivity index (χ0n) is 11.7. The minimum absolute atomic E-state index is 0.226. The largest absolute Gasteiger partial charge is 0.410 e. The number of primary amides is 1. The summed E-state index contributed by atoms with van der Waals surface area (Å²) in [5.41, 5.74) is 6.81. The lowest BCUT2D eigenvalue weighted by molar-refractivity contribution is 0.209. The number of ether oxygens (including phenoxy) is 1. The van der Waals surface area contributed by atoms with Crippen LogP contribution in [-0.2, 0) is 0 Å². The summed E-state index contributed by atoms with van der Waals surface area (Å²) in [4.78, 5) is 19.0. The highest BCUT2D eigenvalue weighted by atomic mass is 19.1. The zero-order valence-corrected chi connectivity index (χ0v) is 11.7. The molecule has 1 aromatic carbocycles. The van der Waals surface area contributed by atoms with Gasteiger partial charge in [-0.25, -0.2) is 9.18 Å².